The van der Waals surface area contributed by atoms with Gasteiger partial charge in [-0.05, 0) is 54.3 Å². The normalized spacial score (nSPS) is 15.4. The number of methoxy groups -OCH3 is 2. The molecule has 1 aliphatic rings. The van der Waals surface area contributed by atoms with Gasteiger partial charge < -0.3 is 14.8 Å². The van der Waals surface area contributed by atoms with Gasteiger partial charge in [0.25, 0.3) is 0 Å². The van der Waals surface area contributed by atoms with Crippen LogP contribution in [-0.2, 0) is 18.6 Å². The Bertz CT molecular complexity index is 914. The minimum atomic E-state index is 0.0361. The zero-order chi connectivity index (χ0) is 20.1. The van der Waals surface area contributed by atoms with E-state index in [0.717, 1.165) is 36.4 Å². The quantitative estimate of drug-likeness (QED) is 0.614. The van der Waals surface area contributed by atoms with E-state index in [2.05, 4.69) is 52.9 Å². The molecule has 0 bridgehead atoms. The molecule has 4 rings (SSSR count). The second-order valence-corrected chi connectivity index (χ2v) is 7.72. The van der Waals surface area contributed by atoms with E-state index in [1.165, 1.54) is 24.0 Å². The second-order valence-electron chi connectivity index (χ2n) is 7.72. The number of rotatable bonds is 8. The summed E-state index contributed by atoms with van der Waals surface area (Å²) in [6.07, 6.45) is 8.61. The fourth-order valence-electron chi connectivity index (χ4n) is 4.36. The van der Waals surface area contributed by atoms with E-state index in [1.54, 1.807) is 20.4 Å². The van der Waals surface area contributed by atoms with Crippen molar-refractivity contribution in [3.8, 4) is 11.5 Å². The highest BCUT2D eigenvalue weighted by atomic mass is 16.5. The molecule has 0 saturated heterocycles. The average molecular weight is 392 g/mol. The van der Waals surface area contributed by atoms with Crippen LogP contribution < -0.4 is 14.8 Å². The third-order valence-electron chi connectivity index (χ3n) is 5.97. The molecule has 0 aliphatic heterocycles. The first-order valence-electron chi connectivity index (χ1n) is 10.3. The number of nitrogens with zero attached hydrogens (tertiary/aromatic N) is 2. The molecule has 0 amide bonds. The van der Waals surface area contributed by atoms with Crippen molar-refractivity contribution in [3.63, 3.8) is 0 Å². The first kappa shape index (κ1) is 19.5. The molecule has 0 spiro atoms. The standard InChI is InChI=1S/C24H29N3O2/c1-28-22-9-7-21(8-10-22)24(12-3-4-13-24)25-17-19-6-11-23(29-2)20(16-19)18-27-15-5-14-26-27/h5-11,14-16,25H,3-4,12-13,17-18H2,1-2H3. The van der Waals surface area contributed by atoms with Crippen molar-refractivity contribution < 1.29 is 9.47 Å². The summed E-state index contributed by atoms with van der Waals surface area (Å²) in [7, 11) is 3.43. The Balaban J connectivity index is 1.53. The van der Waals surface area contributed by atoms with Crippen molar-refractivity contribution in [2.75, 3.05) is 14.2 Å². The molecule has 1 fully saturated rings. The third kappa shape index (κ3) is 4.30. The monoisotopic (exact) mass is 391 g/mol. The molecule has 152 valence electrons. The van der Waals surface area contributed by atoms with Gasteiger partial charge in [-0.25, -0.2) is 0 Å². The van der Waals surface area contributed by atoms with Crippen LogP contribution in [0.15, 0.2) is 60.9 Å². The van der Waals surface area contributed by atoms with Crippen molar-refractivity contribution in [1.29, 1.82) is 0 Å². The van der Waals surface area contributed by atoms with Gasteiger partial charge >= 0.3 is 0 Å². The van der Waals surface area contributed by atoms with E-state index in [0.29, 0.717) is 6.54 Å². The van der Waals surface area contributed by atoms with Crippen molar-refractivity contribution in [2.24, 2.45) is 0 Å². The maximum Gasteiger partial charge on any atom is 0.123 e. The Hall–Kier alpha value is -2.79. The van der Waals surface area contributed by atoms with Gasteiger partial charge in [-0.3, -0.25) is 4.68 Å². The zero-order valence-electron chi connectivity index (χ0n) is 17.2. The first-order chi connectivity index (χ1) is 14.2. The van der Waals surface area contributed by atoms with Crippen LogP contribution in [0.3, 0.4) is 0 Å². The number of ether oxygens (including phenoxy) is 2. The van der Waals surface area contributed by atoms with Crippen LogP contribution in [-0.4, -0.2) is 24.0 Å². The Morgan fingerprint density at radius 3 is 2.48 bits per heavy atom. The average Bonchev–Trinajstić information content (AvgIpc) is 3.45. The maximum absolute atomic E-state index is 5.56. The zero-order valence-corrected chi connectivity index (χ0v) is 17.2. The van der Waals surface area contributed by atoms with Gasteiger partial charge in [0.2, 0.25) is 0 Å². The van der Waals surface area contributed by atoms with Gasteiger partial charge in [-0.2, -0.15) is 5.10 Å². The van der Waals surface area contributed by atoms with Gasteiger partial charge in [0.15, 0.2) is 0 Å². The molecule has 1 saturated carbocycles. The second kappa shape index (κ2) is 8.70. The Kier molecular flexibility index (Phi) is 5.86. The topological polar surface area (TPSA) is 48.3 Å². The molecule has 2 aromatic carbocycles. The van der Waals surface area contributed by atoms with Crippen LogP contribution in [0.2, 0.25) is 0 Å². The number of nitrogens with one attached hydrogen (secondary N) is 1. The smallest absolute Gasteiger partial charge is 0.123 e. The van der Waals surface area contributed by atoms with Crippen LogP contribution in [0.1, 0.15) is 42.4 Å². The predicted octanol–water partition coefficient (Wildman–Crippen LogP) is 4.51. The summed E-state index contributed by atoms with van der Waals surface area (Å²) in [6, 6.07) is 16.9. The summed E-state index contributed by atoms with van der Waals surface area (Å²) >= 11 is 0. The number of hydrogen-bond donors (Lipinski definition) is 1. The van der Waals surface area contributed by atoms with E-state index in [9.17, 15) is 0 Å². The van der Waals surface area contributed by atoms with Crippen molar-refractivity contribution in [2.45, 2.75) is 44.3 Å². The molecule has 1 aromatic heterocycles. The summed E-state index contributed by atoms with van der Waals surface area (Å²) in [5.41, 5.74) is 3.78. The minimum Gasteiger partial charge on any atom is -0.497 e. The van der Waals surface area contributed by atoms with E-state index in [1.807, 2.05) is 16.9 Å². The summed E-state index contributed by atoms with van der Waals surface area (Å²) in [6.45, 7) is 1.52. The van der Waals surface area contributed by atoms with E-state index >= 15 is 0 Å². The Morgan fingerprint density at radius 2 is 1.83 bits per heavy atom. The van der Waals surface area contributed by atoms with Crippen LogP contribution in [0, 0.1) is 0 Å². The third-order valence-corrected chi connectivity index (χ3v) is 5.97. The highest BCUT2D eigenvalue weighted by Gasteiger charge is 2.35. The summed E-state index contributed by atoms with van der Waals surface area (Å²) in [5, 5.41) is 8.21. The number of benzene rings is 2. The van der Waals surface area contributed by atoms with Crippen molar-refractivity contribution in [3.05, 3.63) is 77.6 Å². The van der Waals surface area contributed by atoms with Crippen molar-refractivity contribution in [1.82, 2.24) is 15.1 Å². The fourth-order valence-corrected chi connectivity index (χ4v) is 4.36. The molecule has 0 radical (unpaired) electrons. The summed E-state index contributed by atoms with van der Waals surface area (Å²) < 4.78 is 12.8. The van der Waals surface area contributed by atoms with Crippen LogP contribution >= 0.6 is 0 Å². The van der Waals surface area contributed by atoms with Gasteiger partial charge in [-0.15, -0.1) is 0 Å². The first-order valence-corrected chi connectivity index (χ1v) is 10.3. The largest absolute Gasteiger partial charge is 0.497 e. The van der Waals surface area contributed by atoms with E-state index < -0.39 is 0 Å². The molecule has 1 heterocycles. The highest BCUT2D eigenvalue weighted by Crippen LogP contribution is 2.39. The minimum absolute atomic E-state index is 0.0361. The Labute approximate surface area is 172 Å². The van der Waals surface area contributed by atoms with E-state index in [-0.39, 0.29) is 5.54 Å². The molecule has 1 N–H and O–H groups in total. The van der Waals surface area contributed by atoms with Gasteiger partial charge in [0.05, 0.1) is 20.8 Å². The maximum atomic E-state index is 5.56. The fraction of sp³-hybridized carbons (Fsp3) is 0.375. The molecule has 0 atom stereocenters. The highest BCUT2D eigenvalue weighted by molar-refractivity contribution is 5.38. The summed E-state index contributed by atoms with van der Waals surface area (Å²) in [5.74, 6) is 1.80. The Morgan fingerprint density at radius 1 is 1.03 bits per heavy atom. The van der Waals surface area contributed by atoms with Crippen LogP contribution in [0.5, 0.6) is 11.5 Å². The molecule has 3 aromatic rings. The lowest BCUT2D eigenvalue weighted by Crippen LogP contribution is -2.39. The molecule has 5 heteroatoms. The molecular weight excluding hydrogens is 362 g/mol. The molecule has 0 unspecified atom stereocenters. The van der Waals surface area contributed by atoms with Gasteiger partial charge in [0, 0.05) is 30.0 Å². The molecular formula is C24H29N3O2. The lowest BCUT2D eigenvalue weighted by Gasteiger charge is -2.31. The van der Waals surface area contributed by atoms with Gasteiger partial charge in [0.1, 0.15) is 11.5 Å². The lowest BCUT2D eigenvalue weighted by atomic mass is 9.87. The lowest BCUT2D eigenvalue weighted by molar-refractivity contribution is 0.337. The molecule has 5 nitrogen and oxygen atoms in total. The van der Waals surface area contributed by atoms with E-state index in [4.69, 9.17) is 9.47 Å². The molecule has 29 heavy (non-hydrogen) atoms. The van der Waals surface area contributed by atoms with Crippen molar-refractivity contribution >= 4 is 0 Å². The summed E-state index contributed by atoms with van der Waals surface area (Å²) in [4.78, 5) is 0. The van der Waals surface area contributed by atoms with Gasteiger partial charge in [-0.1, -0.05) is 31.0 Å². The van der Waals surface area contributed by atoms with Crippen LogP contribution in [0.4, 0.5) is 0 Å². The number of aromatic nitrogens is 2. The van der Waals surface area contributed by atoms with Crippen LogP contribution in [0.25, 0.3) is 0 Å². The molecule has 1 aliphatic carbocycles. The number of hydrogen-bond acceptors (Lipinski definition) is 4. The predicted molar refractivity (Wildman–Crippen MR) is 114 cm³/mol. The SMILES string of the molecule is COc1ccc(C2(NCc3ccc(OC)c(Cn4cccn4)c3)CCCC2)cc1.